The number of fused-ring (bicyclic) bond motifs is 3. The second-order valence-electron chi connectivity index (χ2n) is 5.79. The van der Waals surface area contributed by atoms with Crippen molar-refractivity contribution >= 4 is 5.78 Å². The van der Waals surface area contributed by atoms with Crippen LogP contribution in [0.5, 0.6) is 5.75 Å². The Morgan fingerprint density at radius 1 is 1.36 bits per heavy atom. The van der Waals surface area contributed by atoms with Crippen molar-refractivity contribution in [2.45, 2.75) is 20.0 Å². The number of carbonyl (C=O) groups excluding carboxylic acids is 1. The molecule has 0 spiro atoms. The van der Waals surface area contributed by atoms with Gasteiger partial charge in [0.2, 0.25) is 0 Å². The third kappa shape index (κ3) is 2.70. The van der Waals surface area contributed by atoms with Gasteiger partial charge in [-0.1, -0.05) is 6.07 Å². The highest BCUT2D eigenvalue weighted by atomic mass is 16.5. The van der Waals surface area contributed by atoms with Crippen molar-refractivity contribution in [2.24, 2.45) is 0 Å². The molecule has 1 aromatic carbocycles. The minimum Gasteiger partial charge on any atom is -0.491 e. The van der Waals surface area contributed by atoms with Crippen molar-refractivity contribution in [3.05, 3.63) is 36.3 Å². The van der Waals surface area contributed by atoms with E-state index in [0.717, 1.165) is 11.4 Å². The van der Waals surface area contributed by atoms with Crippen molar-refractivity contribution in [3.8, 4) is 28.7 Å². The molecule has 25 heavy (non-hydrogen) atoms. The van der Waals surface area contributed by atoms with Crippen LogP contribution in [-0.2, 0) is 13.1 Å². The summed E-state index contributed by atoms with van der Waals surface area (Å²) in [7, 11) is 0. The van der Waals surface area contributed by atoms with E-state index in [-0.39, 0.29) is 12.4 Å². The molecule has 1 aliphatic rings. The molecule has 0 aliphatic carbocycles. The lowest BCUT2D eigenvalue weighted by Gasteiger charge is -2.07. The van der Waals surface area contributed by atoms with Gasteiger partial charge < -0.3 is 14.4 Å². The van der Waals surface area contributed by atoms with Crippen molar-refractivity contribution in [1.29, 1.82) is 0 Å². The molecule has 8 heteroatoms. The smallest absolute Gasteiger partial charge is 0.178 e. The van der Waals surface area contributed by atoms with E-state index in [1.165, 1.54) is 13.3 Å². The Kier molecular flexibility index (Phi) is 3.81. The zero-order chi connectivity index (χ0) is 17.4. The first kappa shape index (κ1) is 15.5. The number of benzene rings is 1. The van der Waals surface area contributed by atoms with Gasteiger partial charge in [0.25, 0.3) is 0 Å². The zero-order valence-electron chi connectivity index (χ0n) is 13.7. The highest BCUT2D eigenvalue weighted by Gasteiger charge is 2.21. The average Bonchev–Trinajstić information content (AvgIpc) is 3.18. The maximum atomic E-state index is 11.6. The van der Waals surface area contributed by atoms with Crippen molar-refractivity contribution in [2.75, 3.05) is 13.2 Å². The molecule has 0 bridgehead atoms. The van der Waals surface area contributed by atoms with Crippen molar-refractivity contribution < 1.29 is 14.6 Å². The van der Waals surface area contributed by atoms with Crippen LogP contribution in [0.3, 0.4) is 0 Å². The number of hydrogen-bond acceptors (Lipinski definition) is 6. The summed E-state index contributed by atoms with van der Waals surface area (Å²) in [4.78, 5) is 20.6. The fourth-order valence-electron chi connectivity index (χ4n) is 2.93. The molecule has 0 unspecified atom stereocenters. The van der Waals surface area contributed by atoms with Crippen LogP contribution in [0.1, 0.15) is 17.3 Å². The van der Waals surface area contributed by atoms with Gasteiger partial charge in [0.1, 0.15) is 30.2 Å². The van der Waals surface area contributed by atoms with Gasteiger partial charge in [-0.05, 0) is 19.1 Å². The van der Waals surface area contributed by atoms with E-state index >= 15 is 0 Å². The number of aliphatic hydroxyl groups excluding tert-OH is 1. The second kappa shape index (κ2) is 6.14. The summed E-state index contributed by atoms with van der Waals surface area (Å²) in [5.74, 6) is 2.02. The predicted molar refractivity (Wildman–Crippen MR) is 89.3 cm³/mol. The maximum absolute atomic E-state index is 11.6. The first-order chi connectivity index (χ1) is 12.2. The van der Waals surface area contributed by atoms with Crippen molar-refractivity contribution in [3.63, 3.8) is 0 Å². The summed E-state index contributed by atoms with van der Waals surface area (Å²) < 4.78 is 9.42. The van der Waals surface area contributed by atoms with Crippen LogP contribution in [0.25, 0.3) is 22.9 Å². The molecule has 3 aromatic rings. The van der Waals surface area contributed by atoms with E-state index in [1.54, 1.807) is 16.8 Å². The standard InChI is InChI=1S/C17H17N5O3/c1-11(24)12-2-3-13-15(8-12)25-7-5-21-9-14(20-16(13)21)17-18-10-19-22(17)4-6-23/h2-3,8-10,23H,4-7H2,1H3. The van der Waals surface area contributed by atoms with E-state index in [9.17, 15) is 4.79 Å². The summed E-state index contributed by atoms with van der Waals surface area (Å²) in [6.45, 7) is 3.00. The Morgan fingerprint density at radius 3 is 3.04 bits per heavy atom. The third-order valence-corrected chi connectivity index (χ3v) is 4.15. The average molecular weight is 339 g/mol. The lowest BCUT2D eigenvalue weighted by atomic mass is 10.1. The fraction of sp³-hybridized carbons (Fsp3) is 0.294. The number of ketones is 1. The molecule has 0 amide bonds. The molecule has 128 valence electrons. The van der Waals surface area contributed by atoms with E-state index in [4.69, 9.17) is 14.8 Å². The van der Waals surface area contributed by atoms with Crippen LogP contribution in [0.15, 0.2) is 30.7 Å². The van der Waals surface area contributed by atoms with E-state index < -0.39 is 0 Å². The third-order valence-electron chi connectivity index (χ3n) is 4.15. The molecule has 8 nitrogen and oxygen atoms in total. The Morgan fingerprint density at radius 2 is 2.24 bits per heavy atom. The molecule has 0 fully saturated rings. The first-order valence-corrected chi connectivity index (χ1v) is 8.01. The van der Waals surface area contributed by atoms with Gasteiger partial charge in [-0.25, -0.2) is 14.6 Å². The monoisotopic (exact) mass is 339 g/mol. The molecule has 1 N–H and O–H groups in total. The zero-order valence-corrected chi connectivity index (χ0v) is 13.7. The second-order valence-corrected chi connectivity index (χ2v) is 5.79. The molecule has 1 aliphatic heterocycles. The largest absolute Gasteiger partial charge is 0.491 e. The Bertz CT molecular complexity index is 944. The topological polar surface area (TPSA) is 95.1 Å². The van der Waals surface area contributed by atoms with Gasteiger partial charge in [-0.2, -0.15) is 5.10 Å². The molecular formula is C17H17N5O3. The Hall–Kier alpha value is -3.00. The van der Waals surface area contributed by atoms with Crippen LogP contribution in [-0.4, -0.2) is 48.4 Å². The molecule has 3 heterocycles. The summed E-state index contributed by atoms with van der Waals surface area (Å²) in [5.41, 5.74) is 2.13. The number of hydrogen-bond donors (Lipinski definition) is 1. The van der Waals surface area contributed by atoms with Crippen LogP contribution in [0, 0.1) is 0 Å². The summed E-state index contributed by atoms with van der Waals surface area (Å²) in [6.07, 6.45) is 3.36. The minimum atomic E-state index is -0.0194. The van der Waals surface area contributed by atoms with Gasteiger partial charge >= 0.3 is 0 Å². The van der Waals surface area contributed by atoms with Crippen LogP contribution in [0.2, 0.25) is 0 Å². The number of aromatic nitrogens is 5. The molecule has 4 rings (SSSR count). The van der Waals surface area contributed by atoms with Gasteiger partial charge in [-0.3, -0.25) is 4.79 Å². The number of aliphatic hydroxyl groups is 1. The maximum Gasteiger partial charge on any atom is 0.178 e. The highest BCUT2D eigenvalue weighted by molar-refractivity contribution is 5.95. The van der Waals surface area contributed by atoms with Gasteiger partial charge in [0, 0.05) is 11.8 Å². The number of Topliss-reactive ketones (excluding diaryl/α,β-unsaturated/α-hetero) is 1. The van der Waals surface area contributed by atoms with Crippen molar-refractivity contribution in [1.82, 2.24) is 24.3 Å². The normalized spacial score (nSPS) is 12.9. The van der Waals surface area contributed by atoms with Crippen LogP contribution in [0.4, 0.5) is 0 Å². The number of nitrogens with zero attached hydrogens (tertiary/aromatic N) is 5. The van der Waals surface area contributed by atoms with Gasteiger partial charge in [0.15, 0.2) is 11.6 Å². The van der Waals surface area contributed by atoms with Gasteiger partial charge in [0.05, 0.1) is 25.3 Å². The Balaban J connectivity index is 1.80. The molecule has 0 saturated carbocycles. The van der Waals surface area contributed by atoms with Gasteiger partial charge in [-0.15, -0.1) is 0 Å². The molecule has 0 atom stereocenters. The van der Waals surface area contributed by atoms with E-state index in [1.807, 2.05) is 16.8 Å². The number of imidazole rings is 1. The lowest BCUT2D eigenvalue weighted by Crippen LogP contribution is -2.06. The number of ether oxygens (including phenoxy) is 1. The molecule has 0 radical (unpaired) electrons. The first-order valence-electron chi connectivity index (χ1n) is 8.01. The highest BCUT2D eigenvalue weighted by Crippen LogP contribution is 2.34. The molecular weight excluding hydrogens is 322 g/mol. The van der Waals surface area contributed by atoms with E-state index in [2.05, 4.69) is 10.1 Å². The SMILES string of the molecule is CC(=O)c1ccc2c(c1)OCCn1cc(-c3ncnn3CCO)nc1-2. The molecule has 0 saturated heterocycles. The predicted octanol–water partition coefficient (Wildman–Crippen LogP) is 1.40. The van der Waals surface area contributed by atoms with Crippen LogP contribution >= 0.6 is 0 Å². The number of rotatable bonds is 4. The molecule has 2 aromatic heterocycles. The summed E-state index contributed by atoms with van der Waals surface area (Å²) in [5, 5.41) is 13.3. The van der Waals surface area contributed by atoms with Crippen LogP contribution < -0.4 is 4.74 Å². The number of carbonyl (C=O) groups is 1. The quantitative estimate of drug-likeness (QED) is 0.722. The fourth-order valence-corrected chi connectivity index (χ4v) is 2.93. The minimum absolute atomic E-state index is 0.00298. The lowest BCUT2D eigenvalue weighted by molar-refractivity contribution is 0.101. The summed E-state index contributed by atoms with van der Waals surface area (Å²) >= 11 is 0. The Labute approximate surface area is 143 Å². The summed E-state index contributed by atoms with van der Waals surface area (Å²) in [6, 6.07) is 5.40. The van der Waals surface area contributed by atoms with E-state index in [0.29, 0.717) is 42.5 Å².